The smallest absolute Gasteiger partial charge is 0.240 e. The van der Waals surface area contributed by atoms with Crippen molar-refractivity contribution in [2.45, 2.75) is 52.1 Å². The highest BCUT2D eigenvalue weighted by Crippen LogP contribution is 2.22. The molecule has 1 aliphatic heterocycles. The summed E-state index contributed by atoms with van der Waals surface area (Å²) in [6.07, 6.45) is 3.88. The molecule has 2 N–H and O–H groups in total. The fraction of sp³-hybridized carbons (Fsp3) is 0.846. The van der Waals surface area contributed by atoms with E-state index < -0.39 is 5.54 Å². The lowest BCUT2D eigenvalue weighted by Gasteiger charge is -2.13. The van der Waals surface area contributed by atoms with Crippen LogP contribution in [0.2, 0.25) is 0 Å². The maximum Gasteiger partial charge on any atom is 0.240 e. The van der Waals surface area contributed by atoms with Crippen molar-refractivity contribution < 1.29 is 4.52 Å². The fourth-order valence-corrected chi connectivity index (χ4v) is 2.47. The molecule has 0 amide bonds. The Morgan fingerprint density at radius 2 is 2.28 bits per heavy atom. The molecule has 0 saturated carbocycles. The molecule has 1 fully saturated rings. The topological polar surface area (TPSA) is 68.2 Å². The Morgan fingerprint density at radius 1 is 1.50 bits per heavy atom. The van der Waals surface area contributed by atoms with Crippen LogP contribution < -0.4 is 5.73 Å². The van der Waals surface area contributed by atoms with Gasteiger partial charge in [-0.3, -0.25) is 4.90 Å². The van der Waals surface area contributed by atoms with Gasteiger partial charge in [-0.05, 0) is 39.2 Å². The second-order valence-corrected chi connectivity index (χ2v) is 5.91. The number of rotatable bonds is 5. The van der Waals surface area contributed by atoms with Gasteiger partial charge in [-0.25, -0.2) is 0 Å². The summed E-state index contributed by atoms with van der Waals surface area (Å²) in [5.74, 6) is 2.10. The fourth-order valence-electron chi connectivity index (χ4n) is 2.47. The first-order valence-corrected chi connectivity index (χ1v) is 6.83. The Labute approximate surface area is 109 Å². The van der Waals surface area contributed by atoms with E-state index in [9.17, 15) is 0 Å². The molecule has 102 valence electrons. The standard InChI is InChI=1S/C13H24N4O/c1-4-5-10-6-7-17(8-10)9-11-15-12(16-18-11)13(2,3)14/h10H,4-9,14H2,1-3H3. The maximum absolute atomic E-state index is 5.94. The van der Waals surface area contributed by atoms with Crippen molar-refractivity contribution in [1.29, 1.82) is 0 Å². The maximum atomic E-state index is 5.94. The van der Waals surface area contributed by atoms with Gasteiger partial charge in [-0.15, -0.1) is 0 Å². The SMILES string of the molecule is CCCC1CCN(Cc2nc(C(C)(C)N)no2)C1. The van der Waals surface area contributed by atoms with Crippen LogP contribution in [0.1, 0.15) is 51.7 Å². The summed E-state index contributed by atoms with van der Waals surface area (Å²) in [6.45, 7) is 9.05. The predicted molar refractivity (Wildman–Crippen MR) is 69.8 cm³/mol. The van der Waals surface area contributed by atoms with E-state index in [0.717, 1.165) is 25.6 Å². The Morgan fingerprint density at radius 3 is 2.89 bits per heavy atom. The minimum absolute atomic E-state index is 0.530. The third-order valence-electron chi connectivity index (χ3n) is 3.47. The highest BCUT2D eigenvalue weighted by atomic mass is 16.5. The second kappa shape index (κ2) is 5.36. The van der Waals surface area contributed by atoms with Gasteiger partial charge < -0.3 is 10.3 Å². The number of likely N-dealkylation sites (tertiary alicyclic amines) is 1. The highest BCUT2D eigenvalue weighted by molar-refractivity contribution is 4.99. The number of hydrogen-bond acceptors (Lipinski definition) is 5. The molecule has 5 nitrogen and oxygen atoms in total. The van der Waals surface area contributed by atoms with E-state index in [4.69, 9.17) is 10.3 Å². The summed E-state index contributed by atoms with van der Waals surface area (Å²) in [5, 5.41) is 3.95. The summed E-state index contributed by atoms with van der Waals surface area (Å²) in [7, 11) is 0. The van der Waals surface area contributed by atoms with Crippen molar-refractivity contribution in [1.82, 2.24) is 15.0 Å². The van der Waals surface area contributed by atoms with E-state index in [0.29, 0.717) is 11.7 Å². The molecule has 0 spiro atoms. The summed E-state index contributed by atoms with van der Waals surface area (Å²) < 4.78 is 5.27. The van der Waals surface area contributed by atoms with Crippen molar-refractivity contribution in [3.63, 3.8) is 0 Å². The molecule has 2 rings (SSSR count). The lowest BCUT2D eigenvalue weighted by Crippen LogP contribution is -2.30. The van der Waals surface area contributed by atoms with Gasteiger partial charge in [0.15, 0.2) is 5.82 Å². The Hall–Kier alpha value is -0.940. The predicted octanol–water partition coefficient (Wildman–Crippen LogP) is 1.89. The Bertz CT molecular complexity index is 383. The molecule has 18 heavy (non-hydrogen) atoms. The zero-order valence-electron chi connectivity index (χ0n) is 11.6. The van der Waals surface area contributed by atoms with Crippen LogP contribution in [-0.2, 0) is 12.1 Å². The average molecular weight is 252 g/mol. The number of nitrogens with zero attached hydrogens (tertiary/aromatic N) is 3. The number of hydrogen-bond donors (Lipinski definition) is 1. The van der Waals surface area contributed by atoms with Crippen LogP contribution in [-0.4, -0.2) is 28.1 Å². The van der Waals surface area contributed by atoms with Crippen LogP contribution in [0.3, 0.4) is 0 Å². The van der Waals surface area contributed by atoms with Crippen LogP contribution in [0.4, 0.5) is 0 Å². The normalized spacial score (nSPS) is 21.7. The summed E-state index contributed by atoms with van der Waals surface area (Å²) in [5.41, 5.74) is 5.41. The Balaban J connectivity index is 1.89. The van der Waals surface area contributed by atoms with E-state index in [1.807, 2.05) is 13.8 Å². The number of aromatic nitrogens is 2. The third-order valence-corrected chi connectivity index (χ3v) is 3.47. The summed E-state index contributed by atoms with van der Waals surface area (Å²) in [6, 6.07) is 0. The molecule has 0 aromatic carbocycles. The van der Waals surface area contributed by atoms with Gasteiger partial charge in [-0.1, -0.05) is 18.5 Å². The first kappa shape index (κ1) is 13.5. The molecule has 1 aliphatic rings. The zero-order chi connectivity index (χ0) is 13.2. The van der Waals surface area contributed by atoms with Gasteiger partial charge in [0.25, 0.3) is 0 Å². The molecule has 0 aliphatic carbocycles. The van der Waals surface area contributed by atoms with Crippen molar-refractivity contribution in [3.05, 3.63) is 11.7 Å². The van der Waals surface area contributed by atoms with Crippen molar-refractivity contribution in [2.24, 2.45) is 11.7 Å². The lowest BCUT2D eigenvalue weighted by molar-refractivity contribution is 0.257. The van der Waals surface area contributed by atoms with Crippen LogP contribution in [0.25, 0.3) is 0 Å². The third kappa shape index (κ3) is 3.29. The van der Waals surface area contributed by atoms with Gasteiger partial charge in [-0.2, -0.15) is 4.98 Å². The minimum Gasteiger partial charge on any atom is -0.338 e. The molecule has 1 saturated heterocycles. The average Bonchev–Trinajstić information content (AvgIpc) is 2.88. The van der Waals surface area contributed by atoms with Gasteiger partial charge in [0.05, 0.1) is 12.1 Å². The van der Waals surface area contributed by atoms with Crippen LogP contribution in [0.5, 0.6) is 0 Å². The molecule has 1 atom stereocenters. The molecule has 0 radical (unpaired) electrons. The quantitative estimate of drug-likeness (QED) is 0.866. The van der Waals surface area contributed by atoms with Crippen molar-refractivity contribution >= 4 is 0 Å². The molecule has 1 aromatic rings. The van der Waals surface area contributed by atoms with E-state index in [2.05, 4.69) is 22.0 Å². The van der Waals surface area contributed by atoms with E-state index in [1.165, 1.54) is 19.3 Å². The first-order valence-electron chi connectivity index (χ1n) is 6.83. The molecular formula is C13H24N4O. The molecule has 2 heterocycles. The van der Waals surface area contributed by atoms with Crippen LogP contribution in [0, 0.1) is 5.92 Å². The van der Waals surface area contributed by atoms with Crippen molar-refractivity contribution in [3.8, 4) is 0 Å². The molecule has 1 aromatic heterocycles. The zero-order valence-corrected chi connectivity index (χ0v) is 11.6. The van der Waals surface area contributed by atoms with Gasteiger partial charge in [0, 0.05) is 6.54 Å². The van der Waals surface area contributed by atoms with Gasteiger partial charge in [0.2, 0.25) is 5.89 Å². The van der Waals surface area contributed by atoms with Gasteiger partial charge in [0.1, 0.15) is 0 Å². The van der Waals surface area contributed by atoms with Crippen LogP contribution in [0.15, 0.2) is 4.52 Å². The molecule has 1 unspecified atom stereocenters. The van der Waals surface area contributed by atoms with Crippen molar-refractivity contribution in [2.75, 3.05) is 13.1 Å². The summed E-state index contributed by atoms with van der Waals surface area (Å²) in [4.78, 5) is 6.76. The highest BCUT2D eigenvalue weighted by Gasteiger charge is 2.25. The second-order valence-electron chi connectivity index (χ2n) is 5.91. The Kier molecular flexibility index (Phi) is 4.02. The number of nitrogens with two attached hydrogens (primary N) is 1. The minimum atomic E-state index is -0.530. The molecule has 0 bridgehead atoms. The van der Waals surface area contributed by atoms with Gasteiger partial charge >= 0.3 is 0 Å². The first-order chi connectivity index (χ1) is 8.49. The largest absolute Gasteiger partial charge is 0.338 e. The molecule has 5 heteroatoms. The van der Waals surface area contributed by atoms with E-state index in [1.54, 1.807) is 0 Å². The van der Waals surface area contributed by atoms with E-state index in [-0.39, 0.29) is 0 Å². The lowest BCUT2D eigenvalue weighted by atomic mass is 10.0. The molecular weight excluding hydrogens is 228 g/mol. The summed E-state index contributed by atoms with van der Waals surface area (Å²) >= 11 is 0. The van der Waals surface area contributed by atoms with E-state index >= 15 is 0 Å². The monoisotopic (exact) mass is 252 g/mol. The van der Waals surface area contributed by atoms with Crippen LogP contribution >= 0.6 is 0 Å².